The Kier molecular flexibility index (Phi) is 8.19. The lowest BCUT2D eigenvalue weighted by Gasteiger charge is -2.31. The van der Waals surface area contributed by atoms with Gasteiger partial charge in [-0.05, 0) is 53.5 Å². The average Bonchev–Trinajstić information content (AvgIpc) is 3.34. The van der Waals surface area contributed by atoms with Crippen molar-refractivity contribution in [1.82, 2.24) is 20.4 Å². The van der Waals surface area contributed by atoms with Crippen molar-refractivity contribution in [2.45, 2.75) is 82.8 Å². The number of nitrogens with one attached hydrogen (secondary N) is 2. The van der Waals surface area contributed by atoms with Gasteiger partial charge in [0, 0.05) is 32.0 Å². The first-order chi connectivity index (χ1) is 15.6. The molecule has 0 radical (unpaired) electrons. The molecule has 0 aliphatic carbocycles. The van der Waals surface area contributed by atoms with Crippen LogP contribution < -0.4 is 10.6 Å². The van der Waals surface area contributed by atoms with E-state index in [-0.39, 0.29) is 37.0 Å². The molecule has 3 fully saturated rings. The van der Waals surface area contributed by atoms with E-state index in [1.54, 1.807) is 0 Å². The number of hydrogen-bond donors (Lipinski definition) is 2. The maximum absolute atomic E-state index is 13.2. The van der Waals surface area contributed by atoms with Gasteiger partial charge in [0.1, 0.15) is 18.2 Å². The van der Waals surface area contributed by atoms with Crippen molar-refractivity contribution < 1.29 is 23.9 Å². The molecule has 0 aromatic rings. The number of amides is 3. The van der Waals surface area contributed by atoms with Crippen molar-refractivity contribution in [3.8, 4) is 6.07 Å². The van der Waals surface area contributed by atoms with E-state index in [0.29, 0.717) is 19.4 Å². The summed E-state index contributed by atoms with van der Waals surface area (Å²) < 4.78 is 11.8. The van der Waals surface area contributed by atoms with Crippen LogP contribution in [0.3, 0.4) is 0 Å². The zero-order chi connectivity index (χ0) is 24.2. The number of nitriles is 1. The number of hydrogen-bond acceptors (Lipinski definition) is 7. The van der Waals surface area contributed by atoms with Gasteiger partial charge in [0.15, 0.2) is 0 Å². The van der Waals surface area contributed by atoms with Gasteiger partial charge < -0.3 is 25.0 Å². The molecule has 2 N–H and O–H groups in total. The highest BCUT2D eigenvalue weighted by molar-refractivity contribution is 5.87. The number of nitrogens with zero attached hydrogens (tertiary/aromatic N) is 3. The Morgan fingerprint density at radius 2 is 1.94 bits per heavy atom. The molecule has 3 aliphatic rings. The fourth-order valence-electron chi connectivity index (χ4n) is 4.71. The molecule has 3 aliphatic heterocycles. The molecular weight excluding hydrogens is 426 g/mol. The molecular formula is C23H37N5O5. The molecule has 184 valence electrons. The Morgan fingerprint density at radius 3 is 2.52 bits per heavy atom. The summed E-state index contributed by atoms with van der Waals surface area (Å²) in [5.41, 5.74) is -0.426. The first kappa shape index (κ1) is 25.2. The fraction of sp³-hybridized carbons (Fsp3) is 0.826. The summed E-state index contributed by atoms with van der Waals surface area (Å²) in [4.78, 5) is 41.7. The summed E-state index contributed by atoms with van der Waals surface area (Å²) in [6.07, 6.45) is 1.74. The molecule has 33 heavy (non-hydrogen) atoms. The van der Waals surface area contributed by atoms with Crippen molar-refractivity contribution in [2.75, 3.05) is 33.2 Å². The van der Waals surface area contributed by atoms with E-state index in [1.165, 1.54) is 4.90 Å². The summed E-state index contributed by atoms with van der Waals surface area (Å²) in [6, 6.07) is 0.492. The van der Waals surface area contributed by atoms with Crippen molar-refractivity contribution >= 4 is 17.9 Å². The van der Waals surface area contributed by atoms with Crippen LogP contribution in [0.15, 0.2) is 0 Å². The smallest absolute Gasteiger partial charge is 0.410 e. The average molecular weight is 464 g/mol. The number of likely N-dealkylation sites (tertiary alicyclic amines) is 2. The topological polar surface area (TPSA) is 124 Å². The Balaban J connectivity index is 1.65. The van der Waals surface area contributed by atoms with E-state index >= 15 is 0 Å². The highest BCUT2D eigenvalue weighted by Crippen LogP contribution is 2.27. The van der Waals surface area contributed by atoms with Crippen LogP contribution in [-0.2, 0) is 19.1 Å². The van der Waals surface area contributed by atoms with Crippen molar-refractivity contribution in [1.29, 1.82) is 5.26 Å². The molecule has 10 nitrogen and oxygen atoms in total. The normalized spacial score (nSPS) is 27.7. The number of carbonyl (C=O) groups is 3. The summed E-state index contributed by atoms with van der Waals surface area (Å²) >= 11 is 0. The van der Waals surface area contributed by atoms with E-state index < -0.39 is 29.7 Å². The van der Waals surface area contributed by atoms with Crippen LogP contribution in [0.4, 0.5) is 4.79 Å². The second kappa shape index (κ2) is 10.7. The van der Waals surface area contributed by atoms with Gasteiger partial charge in [-0.15, -0.1) is 0 Å². The Bertz CT molecular complexity index is 768. The predicted molar refractivity (Wildman–Crippen MR) is 120 cm³/mol. The molecule has 0 spiro atoms. The third-order valence-electron chi connectivity index (χ3n) is 6.41. The second-order valence-electron chi connectivity index (χ2n) is 10.3. The lowest BCUT2D eigenvalue weighted by molar-refractivity contribution is -0.127. The summed E-state index contributed by atoms with van der Waals surface area (Å²) in [5, 5.41) is 15.0. The quantitative estimate of drug-likeness (QED) is 0.602. The van der Waals surface area contributed by atoms with E-state index in [1.807, 2.05) is 27.8 Å². The standard InChI is InChI=1S/C23H37N5O5/c1-23(2,3)33-18-12-19(21(30)26-16(13-24)11-15-5-8-25-20(15)29)28(14-18)22(31)32-17-6-9-27(4)10-7-17/h15-19H,5-12,14H2,1-4H3,(H,25,29)(H,26,30). The van der Waals surface area contributed by atoms with Crippen LogP contribution in [0.1, 0.15) is 52.9 Å². The Morgan fingerprint density at radius 1 is 1.24 bits per heavy atom. The monoisotopic (exact) mass is 463 g/mol. The van der Waals surface area contributed by atoms with Gasteiger partial charge in [0.25, 0.3) is 0 Å². The highest BCUT2D eigenvalue weighted by Gasteiger charge is 2.43. The third-order valence-corrected chi connectivity index (χ3v) is 6.41. The predicted octanol–water partition coefficient (Wildman–Crippen LogP) is 1.01. The molecule has 4 atom stereocenters. The first-order valence-corrected chi connectivity index (χ1v) is 11.9. The Labute approximate surface area is 195 Å². The lowest BCUT2D eigenvalue weighted by Crippen LogP contribution is -2.50. The van der Waals surface area contributed by atoms with Gasteiger partial charge >= 0.3 is 6.09 Å². The van der Waals surface area contributed by atoms with Crippen LogP contribution in [-0.4, -0.2) is 90.8 Å². The molecule has 3 rings (SSSR count). The van der Waals surface area contributed by atoms with Crippen LogP contribution >= 0.6 is 0 Å². The minimum atomic E-state index is -0.805. The van der Waals surface area contributed by atoms with Gasteiger partial charge in [-0.1, -0.05) is 0 Å². The minimum Gasteiger partial charge on any atom is -0.446 e. The number of piperidine rings is 1. The van der Waals surface area contributed by atoms with Crippen LogP contribution in [0.2, 0.25) is 0 Å². The van der Waals surface area contributed by atoms with Crippen molar-refractivity contribution in [3.63, 3.8) is 0 Å². The fourth-order valence-corrected chi connectivity index (χ4v) is 4.71. The number of carbonyl (C=O) groups excluding carboxylic acids is 3. The van der Waals surface area contributed by atoms with E-state index in [9.17, 15) is 19.6 Å². The van der Waals surface area contributed by atoms with E-state index in [2.05, 4.69) is 21.6 Å². The molecule has 0 saturated carbocycles. The molecule has 10 heteroatoms. The molecule has 0 aromatic heterocycles. The molecule has 0 aromatic carbocycles. The number of rotatable bonds is 6. The van der Waals surface area contributed by atoms with Crippen molar-refractivity contribution in [3.05, 3.63) is 0 Å². The number of ether oxygens (including phenoxy) is 2. The molecule has 3 saturated heterocycles. The van der Waals surface area contributed by atoms with Crippen LogP contribution in [0, 0.1) is 17.2 Å². The Hall–Kier alpha value is -2.38. The molecule has 4 unspecified atom stereocenters. The first-order valence-electron chi connectivity index (χ1n) is 11.9. The van der Waals surface area contributed by atoms with E-state index in [0.717, 1.165) is 25.9 Å². The largest absolute Gasteiger partial charge is 0.446 e. The zero-order valence-corrected chi connectivity index (χ0v) is 20.1. The highest BCUT2D eigenvalue weighted by atomic mass is 16.6. The lowest BCUT2D eigenvalue weighted by atomic mass is 9.99. The van der Waals surface area contributed by atoms with Gasteiger partial charge in [0.2, 0.25) is 11.8 Å². The summed E-state index contributed by atoms with van der Waals surface area (Å²) in [5.74, 6) is -0.798. The zero-order valence-electron chi connectivity index (χ0n) is 20.1. The summed E-state index contributed by atoms with van der Waals surface area (Å²) in [6.45, 7) is 8.34. The summed E-state index contributed by atoms with van der Waals surface area (Å²) in [7, 11) is 2.04. The van der Waals surface area contributed by atoms with Gasteiger partial charge in [-0.2, -0.15) is 5.26 Å². The maximum atomic E-state index is 13.2. The maximum Gasteiger partial charge on any atom is 0.410 e. The van der Waals surface area contributed by atoms with Gasteiger partial charge in [0.05, 0.1) is 24.3 Å². The van der Waals surface area contributed by atoms with Crippen LogP contribution in [0.25, 0.3) is 0 Å². The third kappa shape index (κ3) is 7.05. The molecule has 3 heterocycles. The van der Waals surface area contributed by atoms with Crippen LogP contribution in [0.5, 0.6) is 0 Å². The van der Waals surface area contributed by atoms with E-state index in [4.69, 9.17) is 9.47 Å². The van der Waals surface area contributed by atoms with Crippen molar-refractivity contribution in [2.24, 2.45) is 5.92 Å². The van der Waals surface area contributed by atoms with Gasteiger partial charge in [-0.25, -0.2) is 4.79 Å². The second-order valence-corrected chi connectivity index (χ2v) is 10.3. The van der Waals surface area contributed by atoms with Gasteiger partial charge in [-0.3, -0.25) is 14.5 Å². The molecule has 3 amide bonds. The molecule has 0 bridgehead atoms. The minimum absolute atomic E-state index is 0.0904. The SMILES string of the molecule is CN1CCC(OC(=O)N2CC(OC(C)(C)C)CC2C(=O)NC(C#N)CC2CCNC2=O)CC1.